The molecule has 3 rings (SSSR count). The van der Waals surface area contributed by atoms with Crippen molar-refractivity contribution in [3.05, 3.63) is 28.1 Å². The first-order chi connectivity index (χ1) is 9.58. The Balaban J connectivity index is 1.87. The Labute approximate surface area is 116 Å². The predicted octanol–water partition coefficient (Wildman–Crippen LogP) is 1.17. The fourth-order valence-corrected chi connectivity index (χ4v) is 2.71. The molecule has 1 N–H and O–H groups in total. The second-order valence-corrected chi connectivity index (χ2v) is 5.54. The summed E-state index contributed by atoms with van der Waals surface area (Å²) in [6, 6.07) is 1.82. The zero-order valence-corrected chi connectivity index (χ0v) is 11.4. The van der Waals surface area contributed by atoms with Crippen molar-refractivity contribution in [3.63, 3.8) is 0 Å². The van der Waals surface area contributed by atoms with E-state index in [0.29, 0.717) is 5.69 Å². The van der Waals surface area contributed by atoms with Crippen LogP contribution in [-0.4, -0.2) is 46.5 Å². The average Bonchev–Trinajstić information content (AvgIpc) is 2.96. The third-order valence-electron chi connectivity index (χ3n) is 4.11. The smallest absolute Gasteiger partial charge is 0.287 e. The van der Waals surface area contributed by atoms with Crippen LogP contribution in [0.25, 0.3) is 0 Å². The van der Waals surface area contributed by atoms with Gasteiger partial charge in [0.25, 0.3) is 11.6 Å². The molecule has 1 saturated heterocycles. The molecule has 7 nitrogen and oxygen atoms in total. The summed E-state index contributed by atoms with van der Waals surface area (Å²) in [5.74, 6) is -0.126. The molecule has 1 atom stereocenters. The van der Waals surface area contributed by atoms with Crippen LogP contribution in [0.1, 0.15) is 35.8 Å². The highest BCUT2D eigenvalue weighted by Crippen LogP contribution is 2.38. The van der Waals surface area contributed by atoms with E-state index in [0.717, 1.165) is 32.4 Å². The Bertz CT molecular complexity index is 544. The second kappa shape index (κ2) is 4.90. The number of hydrogen-bond donors (Lipinski definition) is 1. The summed E-state index contributed by atoms with van der Waals surface area (Å²) < 4.78 is 1.78. The number of amides is 1. The summed E-state index contributed by atoms with van der Waals surface area (Å²) in [5.41, 5.74) is 0.437. The lowest BCUT2D eigenvalue weighted by Gasteiger charge is -2.24. The molecule has 0 spiro atoms. The molecule has 1 saturated carbocycles. The maximum absolute atomic E-state index is 12.6. The maximum Gasteiger partial charge on any atom is 0.287 e. The highest BCUT2D eigenvalue weighted by Gasteiger charge is 2.33. The number of nitrogens with one attached hydrogen (secondary N) is 1. The first kappa shape index (κ1) is 13.1. The number of aromatic nitrogens is 1. The Kier molecular flexibility index (Phi) is 3.21. The second-order valence-electron chi connectivity index (χ2n) is 5.54. The minimum absolute atomic E-state index is 0.00167. The Morgan fingerprint density at radius 1 is 1.50 bits per heavy atom. The summed E-state index contributed by atoms with van der Waals surface area (Å²) >= 11 is 0. The maximum atomic E-state index is 12.6. The standard InChI is InChI=1S/C13H18N4O3/c1-15(10-4-5-14-7-10)13(18)12-6-11(17(19)20)8-16(12)9-2-3-9/h6,8-10,14H,2-5,7H2,1H3. The highest BCUT2D eigenvalue weighted by atomic mass is 16.6. The molecule has 1 aliphatic carbocycles. The van der Waals surface area contributed by atoms with E-state index in [2.05, 4.69) is 5.32 Å². The van der Waals surface area contributed by atoms with Gasteiger partial charge in [0.05, 0.1) is 11.1 Å². The monoisotopic (exact) mass is 278 g/mol. The third kappa shape index (κ3) is 2.29. The number of nitro groups is 1. The fraction of sp³-hybridized carbons (Fsp3) is 0.615. The van der Waals surface area contributed by atoms with Gasteiger partial charge in [-0.25, -0.2) is 0 Å². The highest BCUT2D eigenvalue weighted by molar-refractivity contribution is 5.93. The fourth-order valence-electron chi connectivity index (χ4n) is 2.71. The van der Waals surface area contributed by atoms with Gasteiger partial charge in [0.1, 0.15) is 5.69 Å². The molecule has 7 heteroatoms. The van der Waals surface area contributed by atoms with Gasteiger partial charge < -0.3 is 14.8 Å². The molecule has 1 aromatic heterocycles. The van der Waals surface area contributed by atoms with Gasteiger partial charge in [-0.3, -0.25) is 14.9 Å². The van der Waals surface area contributed by atoms with E-state index >= 15 is 0 Å². The van der Waals surface area contributed by atoms with Gasteiger partial charge in [-0.05, 0) is 25.8 Å². The van der Waals surface area contributed by atoms with Crippen LogP contribution in [0.4, 0.5) is 5.69 Å². The van der Waals surface area contributed by atoms with E-state index < -0.39 is 4.92 Å². The molecule has 2 fully saturated rings. The van der Waals surface area contributed by atoms with Gasteiger partial charge in [-0.2, -0.15) is 0 Å². The van der Waals surface area contributed by atoms with Crippen molar-refractivity contribution in [3.8, 4) is 0 Å². The molecule has 2 aliphatic rings. The number of carbonyl (C=O) groups excluding carboxylic acids is 1. The minimum Gasteiger partial charge on any atom is -0.336 e. The molecule has 0 aromatic carbocycles. The van der Waals surface area contributed by atoms with Crippen molar-refractivity contribution in [1.82, 2.24) is 14.8 Å². The topological polar surface area (TPSA) is 80.4 Å². The van der Waals surface area contributed by atoms with Gasteiger partial charge in [0.15, 0.2) is 0 Å². The molecule has 2 heterocycles. The van der Waals surface area contributed by atoms with Crippen LogP contribution >= 0.6 is 0 Å². The molecular formula is C13H18N4O3. The van der Waals surface area contributed by atoms with Crippen LogP contribution in [0, 0.1) is 10.1 Å². The number of likely N-dealkylation sites (N-methyl/N-ethyl adjacent to an activating group) is 1. The van der Waals surface area contributed by atoms with Crippen LogP contribution in [-0.2, 0) is 0 Å². The van der Waals surface area contributed by atoms with Crippen molar-refractivity contribution in [2.24, 2.45) is 0 Å². The number of nitrogens with zero attached hydrogens (tertiary/aromatic N) is 3. The molecule has 0 radical (unpaired) electrons. The molecule has 108 valence electrons. The van der Waals surface area contributed by atoms with Crippen LogP contribution in [0.5, 0.6) is 0 Å². The van der Waals surface area contributed by atoms with Crippen molar-refractivity contribution >= 4 is 11.6 Å². The quantitative estimate of drug-likeness (QED) is 0.662. The lowest BCUT2D eigenvalue weighted by Crippen LogP contribution is -2.39. The van der Waals surface area contributed by atoms with Crippen molar-refractivity contribution in [2.75, 3.05) is 20.1 Å². The minimum atomic E-state index is -0.438. The first-order valence-corrected chi connectivity index (χ1v) is 6.92. The van der Waals surface area contributed by atoms with Gasteiger partial charge in [0, 0.05) is 31.7 Å². The first-order valence-electron chi connectivity index (χ1n) is 6.92. The average molecular weight is 278 g/mol. The molecule has 1 aromatic rings. The zero-order valence-electron chi connectivity index (χ0n) is 11.4. The Hall–Kier alpha value is -1.89. The van der Waals surface area contributed by atoms with Crippen molar-refractivity contribution in [2.45, 2.75) is 31.3 Å². The normalized spacial score (nSPS) is 21.9. The molecular weight excluding hydrogens is 260 g/mol. The Morgan fingerprint density at radius 2 is 2.25 bits per heavy atom. The molecule has 0 bridgehead atoms. The summed E-state index contributed by atoms with van der Waals surface area (Å²) in [6.07, 6.45) is 4.39. The van der Waals surface area contributed by atoms with E-state index in [1.807, 2.05) is 0 Å². The van der Waals surface area contributed by atoms with Gasteiger partial charge >= 0.3 is 0 Å². The molecule has 1 amide bonds. The zero-order chi connectivity index (χ0) is 14.3. The summed E-state index contributed by atoms with van der Waals surface area (Å²) in [5, 5.41) is 14.1. The van der Waals surface area contributed by atoms with Gasteiger partial charge in [0.2, 0.25) is 0 Å². The van der Waals surface area contributed by atoms with E-state index in [1.165, 1.54) is 12.3 Å². The van der Waals surface area contributed by atoms with Crippen LogP contribution in [0.2, 0.25) is 0 Å². The lowest BCUT2D eigenvalue weighted by atomic mass is 10.2. The molecule has 1 unspecified atom stereocenters. The summed E-state index contributed by atoms with van der Waals surface area (Å²) in [6.45, 7) is 1.69. The Morgan fingerprint density at radius 3 is 2.80 bits per heavy atom. The SMILES string of the molecule is CN(C(=O)c1cc([N+](=O)[O-])cn1C1CC1)C1CCNC1. The van der Waals surface area contributed by atoms with Crippen molar-refractivity contribution < 1.29 is 9.72 Å². The number of rotatable bonds is 4. The summed E-state index contributed by atoms with van der Waals surface area (Å²) in [7, 11) is 1.77. The van der Waals surface area contributed by atoms with E-state index in [4.69, 9.17) is 0 Å². The van der Waals surface area contributed by atoms with Crippen molar-refractivity contribution in [1.29, 1.82) is 0 Å². The summed E-state index contributed by atoms with van der Waals surface area (Å²) in [4.78, 5) is 24.8. The van der Waals surface area contributed by atoms with E-state index in [9.17, 15) is 14.9 Å². The number of hydrogen-bond acceptors (Lipinski definition) is 4. The van der Waals surface area contributed by atoms with Crippen LogP contribution in [0.3, 0.4) is 0 Å². The van der Waals surface area contributed by atoms with Crippen LogP contribution < -0.4 is 5.32 Å². The molecule has 1 aliphatic heterocycles. The van der Waals surface area contributed by atoms with Crippen LogP contribution in [0.15, 0.2) is 12.3 Å². The van der Waals surface area contributed by atoms with Gasteiger partial charge in [-0.15, -0.1) is 0 Å². The predicted molar refractivity (Wildman–Crippen MR) is 72.7 cm³/mol. The lowest BCUT2D eigenvalue weighted by molar-refractivity contribution is -0.384. The van der Waals surface area contributed by atoms with Gasteiger partial charge in [-0.1, -0.05) is 0 Å². The number of carbonyl (C=O) groups is 1. The molecule has 20 heavy (non-hydrogen) atoms. The van der Waals surface area contributed by atoms with E-state index in [-0.39, 0.29) is 23.7 Å². The third-order valence-corrected chi connectivity index (χ3v) is 4.11. The largest absolute Gasteiger partial charge is 0.336 e. The van der Waals surface area contributed by atoms with E-state index in [1.54, 1.807) is 16.5 Å².